The van der Waals surface area contributed by atoms with Gasteiger partial charge in [-0.1, -0.05) is 0 Å². The van der Waals surface area contributed by atoms with Crippen molar-refractivity contribution in [2.24, 2.45) is 5.92 Å². The Morgan fingerprint density at radius 2 is 2.26 bits per heavy atom. The number of alkyl halides is 3. The molecule has 1 saturated heterocycles. The standard InChI is InChI=1S/C13H12F3N5O2/c14-13(15,16)8-4-10(23-6-8)12(22)20-9-5-17-7-18-11(9)21-3-1-2-19-21/h1-3,5,7-8,10H,4,6H2,(H,20,22). The molecule has 1 amide bonds. The van der Waals surface area contributed by atoms with Crippen LogP contribution >= 0.6 is 0 Å². The largest absolute Gasteiger partial charge is 0.394 e. The minimum Gasteiger partial charge on any atom is -0.368 e. The van der Waals surface area contributed by atoms with Gasteiger partial charge in [0, 0.05) is 12.4 Å². The molecule has 1 N–H and O–H groups in total. The van der Waals surface area contributed by atoms with Gasteiger partial charge in [-0.3, -0.25) is 4.79 Å². The molecule has 2 unspecified atom stereocenters. The summed E-state index contributed by atoms with van der Waals surface area (Å²) in [6, 6.07) is 1.67. The van der Waals surface area contributed by atoms with Crippen molar-refractivity contribution >= 4 is 11.6 Å². The molecular formula is C13H12F3N5O2. The number of nitrogens with one attached hydrogen (secondary N) is 1. The van der Waals surface area contributed by atoms with Gasteiger partial charge in [-0.15, -0.1) is 0 Å². The SMILES string of the molecule is O=C(Nc1cncnc1-n1cccn1)C1CC(C(F)(F)F)CO1. The molecule has 0 bridgehead atoms. The van der Waals surface area contributed by atoms with Crippen molar-refractivity contribution in [3.05, 3.63) is 31.0 Å². The van der Waals surface area contributed by atoms with Crippen LogP contribution in [0.2, 0.25) is 0 Å². The molecule has 0 radical (unpaired) electrons. The Balaban J connectivity index is 1.72. The molecule has 0 aromatic carbocycles. The van der Waals surface area contributed by atoms with E-state index in [1.165, 1.54) is 23.4 Å². The van der Waals surface area contributed by atoms with E-state index in [1.54, 1.807) is 12.3 Å². The van der Waals surface area contributed by atoms with Crippen LogP contribution in [0, 0.1) is 5.92 Å². The number of hydrogen-bond donors (Lipinski definition) is 1. The van der Waals surface area contributed by atoms with Gasteiger partial charge in [-0.05, 0) is 12.5 Å². The molecule has 0 aliphatic carbocycles. The molecule has 1 aliphatic heterocycles. The van der Waals surface area contributed by atoms with Gasteiger partial charge in [-0.25, -0.2) is 14.6 Å². The zero-order valence-corrected chi connectivity index (χ0v) is 11.7. The second-order valence-electron chi connectivity index (χ2n) is 5.00. The van der Waals surface area contributed by atoms with Crippen molar-refractivity contribution in [1.82, 2.24) is 19.7 Å². The molecule has 122 valence electrons. The second-order valence-corrected chi connectivity index (χ2v) is 5.00. The molecule has 0 saturated carbocycles. The molecule has 23 heavy (non-hydrogen) atoms. The number of amides is 1. The molecule has 0 spiro atoms. The van der Waals surface area contributed by atoms with Crippen LogP contribution in [0.3, 0.4) is 0 Å². The highest BCUT2D eigenvalue weighted by Gasteiger charge is 2.46. The van der Waals surface area contributed by atoms with Crippen LogP contribution in [-0.2, 0) is 9.53 Å². The van der Waals surface area contributed by atoms with E-state index in [9.17, 15) is 18.0 Å². The van der Waals surface area contributed by atoms with Crippen LogP contribution in [0.1, 0.15) is 6.42 Å². The zero-order valence-electron chi connectivity index (χ0n) is 11.7. The number of nitrogens with zero attached hydrogens (tertiary/aromatic N) is 4. The van der Waals surface area contributed by atoms with Crippen LogP contribution in [0.25, 0.3) is 5.82 Å². The topological polar surface area (TPSA) is 81.9 Å². The van der Waals surface area contributed by atoms with Crippen LogP contribution in [0.4, 0.5) is 18.9 Å². The van der Waals surface area contributed by atoms with Crippen LogP contribution < -0.4 is 5.32 Å². The first-order chi connectivity index (χ1) is 10.9. The maximum Gasteiger partial charge on any atom is 0.394 e. The van der Waals surface area contributed by atoms with Crippen LogP contribution in [-0.4, -0.2) is 44.5 Å². The van der Waals surface area contributed by atoms with Gasteiger partial charge in [0.15, 0.2) is 5.82 Å². The summed E-state index contributed by atoms with van der Waals surface area (Å²) < 4.78 is 44.3. The summed E-state index contributed by atoms with van der Waals surface area (Å²) in [7, 11) is 0. The Hall–Kier alpha value is -2.49. The first-order valence-electron chi connectivity index (χ1n) is 6.74. The highest BCUT2D eigenvalue weighted by Crippen LogP contribution is 2.35. The lowest BCUT2D eigenvalue weighted by Gasteiger charge is -2.13. The second kappa shape index (κ2) is 5.95. The maximum atomic E-state index is 12.6. The molecule has 2 aromatic rings. The van der Waals surface area contributed by atoms with Crippen molar-refractivity contribution in [3.8, 4) is 5.82 Å². The maximum absolute atomic E-state index is 12.6. The number of aromatic nitrogens is 4. The van der Waals surface area contributed by atoms with E-state index in [2.05, 4.69) is 20.4 Å². The summed E-state index contributed by atoms with van der Waals surface area (Å²) >= 11 is 0. The third-order valence-electron chi connectivity index (χ3n) is 3.42. The third-order valence-corrected chi connectivity index (χ3v) is 3.42. The smallest absolute Gasteiger partial charge is 0.368 e. The van der Waals surface area contributed by atoms with Crippen molar-refractivity contribution in [1.29, 1.82) is 0 Å². The zero-order chi connectivity index (χ0) is 16.4. The number of ether oxygens (including phenoxy) is 1. The number of rotatable bonds is 3. The lowest BCUT2D eigenvalue weighted by Crippen LogP contribution is -2.29. The molecule has 2 aromatic heterocycles. The van der Waals surface area contributed by atoms with Gasteiger partial charge >= 0.3 is 6.18 Å². The highest BCUT2D eigenvalue weighted by atomic mass is 19.4. The summed E-state index contributed by atoms with van der Waals surface area (Å²) in [6.45, 7) is -0.515. The van der Waals surface area contributed by atoms with E-state index >= 15 is 0 Å². The van der Waals surface area contributed by atoms with Crippen LogP contribution in [0.5, 0.6) is 0 Å². The molecule has 3 rings (SSSR count). The van der Waals surface area contributed by atoms with E-state index < -0.39 is 37.1 Å². The Morgan fingerprint density at radius 3 is 2.91 bits per heavy atom. The van der Waals surface area contributed by atoms with E-state index in [1.807, 2.05) is 0 Å². The monoisotopic (exact) mass is 327 g/mol. The number of halogens is 3. The van der Waals surface area contributed by atoms with Crippen molar-refractivity contribution in [3.63, 3.8) is 0 Å². The van der Waals surface area contributed by atoms with E-state index in [4.69, 9.17) is 4.74 Å². The predicted octanol–water partition coefficient (Wildman–Crippen LogP) is 1.57. The Labute approximate surface area is 128 Å². The Morgan fingerprint density at radius 1 is 1.43 bits per heavy atom. The first kappa shape index (κ1) is 15.4. The molecule has 3 heterocycles. The average Bonchev–Trinajstić information content (AvgIpc) is 3.19. The van der Waals surface area contributed by atoms with Crippen LogP contribution in [0.15, 0.2) is 31.0 Å². The normalized spacial score (nSPS) is 21.3. The van der Waals surface area contributed by atoms with Crippen molar-refractivity contribution in [2.75, 3.05) is 11.9 Å². The molecule has 7 nitrogen and oxygen atoms in total. The molecule has 1 aliphatic rings. The minimum absolute atomic E-state index is 0.236. The van der Waals surface area contributed by atoms with Gasteiger partial charge in [0.2, 0.25) is 0 Å². The number of anilines is 1. The quantitative estimate of drug-likeness (QED) is 0.925. The van der Waals surface area contributed by atoms with Gasteiger partial charge in [-0.2, -0.15) is 18.3 Å². The van der Waals surface area contributed by atoms with Gasteiger partial charge in [0.25, 0.3) is 5.91 Å². The molecule has 10 heteroatoms. The number of carbonyl (C=O) groups is 1. The summed E-state index contributed by atoms with van der Waals surface area (Å²) in [6.07, 6.45) is -0.167. The molecule has 1 fully saturated rings. The number of carbonyl (C=O) groups excluding carboxylic acids is 1. The first-order valence-corrected chi connectivity index (χ1v) is 6.74. The molecule has 2 atom stereocenters. The average molecular weight is 327 g/mol. The number of hydrogen-bond acceptors (Lipinski definition) is 5. The van der Waals surface area contributed by atoms with E-state index in [0.717, 1.165) is 0 Å². The van der Waals surface area contributed by atoms with Gasteiger partial charge in [0.1, 0.15) is 18.1 Å². The van der Waals surface area contributed by atoms with E-state index in [-0.39, 0.29) is 5.69 Å². The summed E-state index contributed by atoms with van der Waals surface area (Å²) in [5.74, 6) is -1.99. The Bertz CT molecular complexity index is 689. The third kappa shape index (κ3) is 3.31. The predicted molar refractivity (Wildman–Crippen MR) is 71.7 cm³/mol. The van der Waals surface area contributed by atoms with Gasteiger partial charge in [0.05, 0.1) is 18.7 Å². The fourth-order valence-corrected chi connectivity index (χ4v) is 2.24. The summed E-state index contributed by atoms with van der Waals surface area (Å²) in [5, 5.41) is 6.49. The fraction of sp³-hybridized carbons (Fsp3) is 0.385. The lowest BCUT2D eigenvalue weighted by molar-refractivity contribution is -0.173. The lowest BCUT2D eigenvalue weighted by atomic mass is 10.1. The van der Waals surface area contributed by atoms with Gasteiger partial charge < -0.3 is 10.1 Å². The van der Waals surface area contributed by atoms with Crippen molar-refractivity contribution in [2.45, 2.75) is 18.7 Å². The van der Waals surface area contributed by atoms with Crippen molar-refractivity contribution < 1.29 is 22.7 Å². The highest BCUT2D eigenvalue weighted by molar-refractivity contribution is 5.95. The summed E-state index contributed by atoms with van der Waals surface area (Å²) in [4.78, 5) is 19.9. The minimum atomic E-state index is -4.37. The fourth-order valence-electron chi connectivity index (χ4n) is 2.24. The summed E-state index contributed by atoms with van der Waals surface area (Å²) in [5.41, 5.74) is 0.236. The molecular weight excluding hydrogens is 315 g/mol. The Kier molecular flexibility index (Phi) is 3.99. The van der Waals surface area contributed by atoms with E-state index in [0.29, 0.717) is 5.82 Å².